The minimum absolute atomic E-state index is 0.205. The summed E-state index contributed by atoms with van der Waals surface area (Å²) in [5, 5.41) is 0.367. The van der Waals surface area contributed by atoms with E-state index in [-0.39, 0.29) is 18.2 Å². The monoisotopic (exact) mass is 510 g/mol. The summed E-state index contributed by atoms with van der Waals surface area (Å²) in [6, 6.07) is 9.00. The maximum absolute atomic E-state index is 13.7. The minimum atomic E-state index is -0.604. The molecule has 0 aliphatic heterocycles. The fourth-order valence-corrected chi connectivity index (χ4v) is 4.44. The molecule has 4 heterocycles. The number of pyridine rings is 1. The summed E-state index contributed by atoms with van der Waals surface area (Å²) in [4.78, 5) is 43.3. The normalized spacial score (nSPS) is 13.3. The summed E-state index contributed by atoms with van der Waals surface area (Å²) < 4.78 is 10.9. The smallest absolute Gasteiger partial charge is 0.267 e. The zero-order valence-corrected chi connectivity index (χ0v) is 21.0. The van der Waals surface area contributed by atoms with Crippen molar-refractivity contribution >= 4 is 16.8 Å². The lowest BCUT2D eigenvalue weighted by Crippen LogP contribution is -2.22. The first-order valence-electron chi connectivity index (χ1n) is 12.4. The van der Waals surface area contributed by atoms with Crippen LogP contribution in [0.3, 0.4) is 0 Å². The number of fused-ring (bicyclic) bond motifs is 1. The highest BCUT2D eigenvalue weighted by Crippen LogP contribution is 2.39. The average Bonchev–Trinajstić information content (AvgIpc) is 3.42. The van der Waals surface area contributed by atoms with E-state index >= 15 is 0 Å². The first kappa shape index (κ1) is 23.6. The van der Waals surface area contributed by atoms with Gasteiger partial charge >= 0.3 is 0 Å². The molecule has 1 amide bonds. The molecule has 1 saturated carbocycles. The van der Waals surface area contributed by atoms with Gasteiger partial charge in [-0.2, -0.15) is 0 Å². The highest BCUT2D eigenvalue weighted by molar-refractivity contribution is 5.83. The van der Waals surface area contributed by atoms with Gasteiger partial charge in [0.25, 0.3) is 11.5 Å². The number of benzene rings is 1. The molecule has 0 unspecified atom stereocenters. The van der Waals surface area contributed by atoms with Gasteiger partial charge in [0, 0.05) is 36.6 Å². The van der Waals surface area contributed by atoms with Crippen LogP contribution in [0.1, 0.15) is 44.3 Å². The average molecular weight is 511 g/mol. The van der Waals surface area contributed by atoms with Crippen LogP contribution in [0.5, 0.6) is 5.75 Å². The molecule has 1 fully saturated rings. The van der Waals surface area contributed by atoms with Crippen molar-refractivity contribution in [3.05, 3.63) is 77.6 Å². The van der Waals surface area contributed by atoms with Gasteiger partial charge in [-0.1, -0.05) is 6.07 Å². The predicted octanol–water partition coefficient (Wildman–Crippen LogP) is 3.15. The molecule has 0 saturated heterocycles. The maximum Gasteiger partial charge on any atom is 0.267 e. The molecule has 1 aliphatic rings. The third-order valence-electron chi connectivity index (χ3n) is 6.52. The Morgan fingerprint density at radius 3 is 2.76 bits per heavy atom. The lowest BCUT2D eigenvalue weighted by molar-refractivity contribution is -0.119. The molecule has 1 aromatic carbocycles. The number of carbonyl (C=O) groups is 1. The van der Waals surface area contributed by atoms with E-state index in [9.17, 15) is 9.59 Å². The molecule has 38 heavy (non-hydrogen) atoms. The van der Waals surface area contributed by atoms with E-state index in [0.29, 0.717) is 45.6 Å². The van der Waals surface area contributed by atoms with E-state index in [1.165, 1.54) is 10.9 Å². The van der Waals surface area contributed by atoms with Gasteiger partial charge in [0.15, 0.2) is 12.4 Å². The van der Waals surface area contributed by atoms with Crippen molar-refractivity contribution in [2.45, 2.75) is 38.6 Å². The van der Waals surface area contributed by atoms with E-state index < -0.39 is 5.91 Å². The SMILES string of the molecule is CC(C)n1ccnc1-c1cccc(-n2cnc3cc(OCC(N)=O)c(-n4cnc(C5CC5)c4)cc3c2=O)n1. The van der Waals surface area contributed by atoms with Crippen molar-refractivity contribution in [2.75, 3.05) is 6.61 Å². The molecule has 2 N–H and O–H groups in total. The van der Waals surface area contributed by atoms with E-state index in [1.807, 2.05) is 29.1 Å². The van der Waals surface area contributed by atoms with Gasteiger partial charge in [-0.05, 0) is 44.9 Å². The van der Waals surface area contributed by atoms with Crippen molar-refractivity contribution < 1.29 is 9.53 Å². The third-order valence-corrected chi connectivity index (χ3v) is 6.52. The molecule has 0 spiro atoms. The Morgan fingerprint density at radius 2 is 2.00 bits per heavy atom. The molecule has 192 valence electrons. The van der Waals surface area contributed by atoms with Gasteiger partial charge in [0.1, 0.15) is 23.6 Å². The number of rotatable bonds is 8. The van der Waals surface area contributed by atoms with Crippen LogP contribution in [-0.4, -0.2) is 46.2 Å². The van der Waals surface area contributed by atoms with Crippen LogP contribution in [0.4, 0.5) is 0 Å². The Hall–Kier alpha value is -4.80. The van der Waals surface area contributed by atoms with Gasteiger partial charge in [0.2, 0.25) is 0 Å². The van der Waals surface area contributed by atoms with Crippen LogP contribution in [0.15, 0.2) is 66.4 Å². The second-order valence-corrected chi connectivity index (χ2v) is 9.62. The second-order valence-electron chi connectivity index (χ2n) is 9.62. The summed E-state index contributed by atoms with van der Waals surface area (Å²) >= 11 is 0. The van der Waals surface area contributed by atoms with E-state index in [4.69, 9.17) is 15.5 Å². The van der Waals surface area contributed by atoms with Gasteiger partial charge in [0.05, 0.1) is 28.6 Å². The van der Waals surface area contributed by atoms with Crippen LogP contribution in [0.2, 0.25) is 0 Å². The van der Waals surface area contributed by atoms with Crippen LogP contribution in [0.25, 0.3) is 33.9 Å². The number of aromatic nitrogens is 7. The number of nitrogens with two attached hydrogens (primary N) is 1. The lowest BCUT2D eigenvalue weighted by atomic mass is 10.2. The van der Waals surface area contributed by atoms with E-state index in [0.717, 1.165) is 18.5 Å². The fourth-order valence-electron chi connectivity index (χ4n) is 4.44. The van der Waals surface area contributed by atoms with E-state index in [1.54, 1.807) is 35.3 Å². The molecule has 1 aliphatic carbocycles. The standard InChI is InChI=1S/C27H26N8O3/c1-16(2)34-9-8-29-26(34)19-4-3-5-25(32-19)35-15-31-20-11-23(38-13-24(28)36)22(10-18(20)27(35)37)33-12-21(30-14-33)17-6-7-17/h3-5,8-12,14-17H,6-7,13H2,1-2H3,(H2,28,36). The molecule has 11 nitrogen and oxygen atoms in total. The molecule has 0 atom stereocenters. The van der Waals surface area contributed by atoms with Gasteiger partial charge in [-0.3, -0.25) is 14.2 Å². The maximum atomic E-state index is 13.7. The second kappa shape index (κ2) is 9.25. The Bertz CT molecular complexity index is 1730. The number of hydrogen-bond donors (Lipinski definition) is 1. The van der Waals surface area contributed by atoms with Gasteiger partial charge < -0.3 is 19.6 Å². The zero-order chi connectivity index (χ0) is 26.4. The van der Waals surface area contributed by atoms with Crippen molar-refractivity contribution in [1.82, 2.24) is 33.6 Å². The Balaban J connectivity index is 1.46. The summed E-state index contributed by atoms with van der Waals surface area (Å²) in [5.74, 6) is 1.37. The number of hydrogen-bond acceptors (Lipinski definition) is 7. The number of ether oxygens (including phenoxy) is 1. The van der Waals surface area contributed by atoms with Crippen molar-refractivity contribution in [2.24, 2.45) is 5.73 Å². The molecular weight excluding hydrogens is 484 g/mol. The summed E-state index contributed by atoms with van der Waals surface area (Å²) in [5.41, 5.74) is 7.63. The van der Waals surface area contributed by atoms with Crippen LogP contribution >= 0.6 is 0 Å². The predicted molar refractivity (Wildman–Crippen MR) is 141 cm³/mol. The Kier molecular flexibility index (Phi) is 5.74. The molecule has 11 heteroatoms. The number of nitrogens with zero attached hydrogens (tertiary/aromatic N) is 7. The van der Waals surface area contributed by atoms with E-state index in [2.05, 4.69) is 28.8 Å². The van der Waals surface area contributed by atoms with Crippen molar-refractivity contribution in [1.29, 1.82) is 0 Å². The quantitative estimate of drug-likeness (QED) is 0.339. The number of primary amides is 1. The first-order valence-corrected chi connectivity index (χ1v) is 12.4. The fraction of sp³-hybridized carbons (Fsp3) is 0.259. The largest absolute Gasteiger partial charge is 0.482 e. The number of carbonyl (C=O) groups excluding carboxylic acids is 1. The van der Waals surface area contributed by atoms with Crippen molar-refractivity contribution in [3.8, 4) is 28.8 Å². The Morgan fingerprint density at radius 1 is 1.16 bits per heavy atom. The molecule has 4 aromatic heterocycles. The lowest BCUT2D eigenvalue weighted by Gasteiger charge is -2.14. The zero-order valence-electron chi connectivity index (χ0n) is 21.0. The summed E-state index contributed by atoms with van der Waals surface area (Å²) in [7, 11) is 0. The topological polar surface area (TPSA) is 136 Å². The van der Waals surface area contributed by atoms with Gasteiger partial charge in [-0.25, -0.2) is 19.9 Å². The minimum Gasteiger partial charge on any atom is -0.482 e. The summed E-state index contributed by atoms with van der Waals surface area (Å²) in [6.45, 7) is 3.84. The van der Waals surface area contributed by atoms with Crippen LogP contribution < -0.4 is 16.0 Å². The first-order chi connectivity index (χ1) is 18.4. The number of imidazole rings is 2. The van der Waals surface area contributed by atoms with Crippen LogP contribution in [0, 0.1) is 0 Å². The molecule has 6 rings (SSSR count). The molecule has 0 bridgehead atoms. The molecule has 0 radical (unpaired) electrons. The highest BCUT2D eigenvalue weighted by Gasteiger charge is 2.26. The Labute approximate surface area is 217 Å². The summed E-state index contributed by atoms with van der Waals surface area (Å²) in [6.07, 6.45) is 10.9. The van der Waals surface area contributed by atoms with Crippen molar-refractivity contribution in [3.63, 3.8) is 0 Å². The third kappa shape index (κ3) is 4.32. The van der Waals surface area contributed by atoms with Crippen LogP contribution in [-0.2, 0) is 4.79 Å². The highest BCUT2D eigenvalue weighted by atomic mass is 16.5. The number of amides is 1. The molecule has 5 aromatic rings. The molecular formula is C27H26N8O3. The van der Waals surface area contributed by atoms with Gasteiger partial charge in [-0.15, -0.1) is 0 Å².